The van der Waals surface area contributed by atoms with E-state index in [0.717, 1.165) is 17.1 Å². The second-order valence-corrected chi connectivity index (χ2v) is 4.48. The highest BCUT2D eigenvalue weighted by molar-refractivity contribution is 7.98. The number of methoxy groups -OCH3 is 2. The number of ether oxygens (including phenoxy) is 2. The summed E-state index contributed by atoms with van der Waals surface area (Å²) in [6.45, 7) is 0.686. The van der Waals surface area contributed by atoms with E-state index in [1.54, 1.807) is 44.2 Å². The van der Waals surface area contributed by atoms with Crippen LogP contribution >= 0.6 is 11.8 Å². The molecule has 4 nitrogen and oxygen atoms in total. The monoisotopic (exact) mass is 256 g/mol. The summed E-state index contributed by atoms with van der Waals surface area (Å²) in [4.78, 5) is 10.9. The first-order valence-corrected chi connectivity index (χ1v) is 6.31. The first-order valence-electron chi connectivity index (χ1n) is 5.16. The number of aromatic carboxylic acids is 1. The molecule has 0 saturated heterocycles. The Morgan fingerprint density at radius 2 is 2.18 bits per heavy atom. The molecular formula is C12H16O4S. The van der Waals surface area contributed by atoms with E-state index in [2.05, 4.69) is 0 Å². The van der Waals surface area contributed by atoms with Crippen molar-refractivity contribution in [2.24, 2.45) is 0 Å². The molecule has 0 atom stereocenters. The molecule has 5 heteroatoms. The third-order valence-corrected chi connectivity index (χ3v) is 3.19. The lowest BCUT2D eigenvalue weighted by atomic mass is 10.1. The number of rotatable bonds is 7. The van der Waals surface area contributed by atoms with E-state index in [9.17, 15) is 4.79 Å². The van der Waals surface area contributed by atoms with Crippen LogP contribution in [0.5, 0.6) is 5.75 Å². The van der Waals surface area contributed by atoms with Gasteiger partial charge in [-0.05, 0) is 18.2 Å². The SMILES string of the molecule is COCCSCc1cc(C(=O)O)ccc1OC. The van der Waals surface area contributed by atoms with Gasteiger partial charge in [-0.25, -0.2) is 4.79 Å². The Kier molecular flexibility index (Phi) is 5.86. The van der Waals surface area contributed by atoms with E-state index in [-0.39, 0.29) is 5.56 Å². The molecule has 0 aliphatic carbocycles. The predicted octanol–water partition coefficient (Wildman–Crippen LogP) is 2.27. The van der Waals surface area contributed by atoms with Gasteiger partial charge < -0.3 is 14.6 Å². The van der Waals surface area contributed by atoms with Crippen molar-refractivity contribution in [3.63, 3.8) is 0 Å². The van der Waals surface area contributed by atoms with Crippen molar-refractivity contribution < 1.29 is 19.4 Å². The fraction of sp³-hybridized carbons (Fsp3) is 0.417. The minimum Gasteiger partial charge on any atom is -0.496 e. The first-order chi connectivity index (χ1) is 8.19. The molecule has 1 aromatic carbocycles. The topological polar surface area (TPSA) is 55.8 Å². The third kappa shape index (κ3) is 4.28. The highest BCUT2D eigenvalue weighted by Gasteiger charge is 2.08. The van der Waals surface area contributed by atoms with Gasteiger partial charge in [0.1, 0.15) is 5.75 Å². The van der Waals surface area contributed by atoms with Gasteiger partial charge in [0.15, 0.2) is 0 Å². The summed E-state index contributed by atoms with van der Waals surface area (Å²) < 4.78 is 10.2. The van der Waals surface area contributed by atoms with Gasteiger partial charge in [0.05, 0.1) is 19.3 Å². The molecule has 0 bridgehead atoms. The van der Waals surface area contributed by atoms with E-state index in [1.165, 1.54) is 0 Å². The summed E-state index contributed by atoms with van der Waals surface area (Å²) in [5, 5.41) is 8.91. The summed E-state index contributed by atoms with van der Waals surface area (Å²) in [5.74, 6) is 1.39. The number of carboxylic acids is 1. The Hall–Kier alpha value is -1.20. The molecule has 0 aliphatic heterocycles. The quantitative estimate of drug-likeness (QED) is 0.758. The van der Waals surface area contributed by atoms with Crippen LogP contribution in [-0.4, -0.2) is 37.7 Å². The van der Waals surface area contributed by atoms with E-state index in [4.69, 9.17) is 14.6 Å². The van der Waals surface area contributed by atoms with Gasteiger partial charge in [0.2, 0.25) is 0 Å². The van der Waals surface area contributed by atoms with E-state index in [0.29, 0.717) is 12.4 Å². The van der Waals surface area contributed by atoms with Crippen LogP contribution in [0.15, 0.2) is 18.2 Å². The maximum absolute atomic E-state index is 10.9. The van der Waals surface area contributed by atoms with Crippen LogP contribution in [0.2, 0.25) is 0 Å². The van der Waals surface area contributed by atoms with E-state index >= 15 is 0 Å². The van der Waals surface area contributed by atoms with Crippen molar-refractivity contribution in [3.05, 3.63) is 29.3 Å². The zero-order valence-corrected chi connectivity index (χ0v) is 10.8. The Bertz CT molecular complexity index is 379. The number of benzene rings is 1. The Morgan fingerprint density at radius 3 is 2.76 bits per heavy atom. The van der Waals surface area contributed by atoms with Gasteiger partial charge in [-0.1, -0.05) is 0 Å². The molecule has 0 heterocycles. The number of thioether (sulfide) groups is 1. The van der Waals surface area contributed by atoms with Crippen LogP contribution in [-0.2, 0) is 10.5 Å². The fourth-order valence-corrected chi connectivity index (χ4v) is 2.22. The van der Waals surface area contributed by atoms with Crippen LogP contribution in [0.25, 0.3) is 0 Å². The molecule has 1 rings (SSSR count). The number of carbonyl (C=O) groups is 1. The molecule has 0 unspecified atom stereocenters. The minimum absolute atomic E-state index is 0.285. The maximum Gasteiger partial charge on any atom is 0.335 e. The van der Waals surface area contributed by atoms with Gasteiger partial charge in [-0.3, -0.25) is 0 Å². The molecule has 1 N–H and O–H groups in total. The van der Waals surface area contributed by atoms with E-state index < -0.39 is 5.97 Å². The molecule has 0 aliphatic rings. The Labute approximate surface area is 105 Å². The number of hydrogen-bond donors (Lipinski definition) is 1. The van der Waals surface area contributed by atoms with Crippen molar-refractivity contribution in [2.45, 2.75) is 5.75 Å². The lowest BCUT2D eigenvalue weighted by Gasteiger charge is -2.09. The summed E-state index contributed by atoms with van der Waals surface area (Å²) in [7, 11) is 3.24. The summed E-state index contributed by atoms with van der Waals surface area (Å²) in [5.41, 5.74) is 1.18. The van der Waals surface area contributed by atoms with Crippen LogP contribution in [0, 0.1) is 0 Å². The molecule has 0 aromatic heterocycles. The Balaban J connectivity index is 2.72. The van der Waals surface area contributed by atoms with Crippen LogP contribution in [0.4, 0.5) is 0 Å². The number of carboxylic acid groups (broad SMARTS) is 1. The van der Waals surface area contributed by atoms with Crippen LogP contribution in [0.1, 0.15) is 15.9 Å². The lowest BCUT2D eigenvalue weighted by molar-refractivity contribution is 0.0696. The molecule has 0 spiro atoms. The average Bonchev–Trinajstić information content (AvgIpc) is 2.34. The van der Waals surface area contributed by atoms with Crippen molar-refractivity contribution in [2.75, 3.05) is 26.6 Å². The molecule has 1 aromatic rings. The van der Waals surface area contributed by atoms with Gasteiger partial charge in [0, 0.05) is 24.2 Å². The normalized spacial score (nSPS) is 10.2. The maximum atomic E-state index is 10.9. The molecular weight excluding hydrogens is 240 g/mol. The third-order valence-electron chi connectivity index (χ3n) is 2.22. The molecule has 0 saturated carbocycles. The first kappa shape index (κ1) is 13.9. The zero-order valence-electron chi connectivity index (χ0n) is 9.93. The molecule has 94 valence electrons. The lowest BCUT2D eigenvalue weighted by Crippen LogP contribution is -2.00. The fourth-order valence-electron chi connectivity index (χ4n) is 1.35. The second-order valence-electron chi connectivity index (χ2n) is 3.38. The van der Waals surface area contributed by atoms with E-state index in [1.807, 2.05) is 0 Å². The second kappa shape index (κ2) is 7.19. The average molecular weight is 256 g/mol. The van der Waals surface area contributed by atoms with Crippen molar-refractivity contribution in [1.29, 1.82) is 0 Å². The number of hydrogen-bond acceptors (Lipinski definition) is 4. The van der Waals surface area contributed by atoms with Crippen LogP contribution in [0.3, 0.4) is 0 Å². The molecule has 0 fully saturated rings. The summed E-state index contributed by atoms with van der Waals surface area (Å²) in [6, 6.07) is 4.89. The van der Waals surface area contributed by atoms with Crippen molar-refractivity contribution in [3.8, 4) is 5.75 Å². The standard InChI is InChI=1S/C12H16O4S/c1-15-5-6-17-8-10-7-9(12(13)14)3-4-11(10)16-2/h3-4,7H,5-6,8H2,1-2H3,(H,13,14). The van der Waals surface area contributed by atoms with Gasteiger partial charge in [-0.15, -0.1) is 0 Å². The predicted molar refractivity (Wildman–Crippen MR) is 68.0 cm³/mol. The van der Waals surface area contributed by atoms with Crippen molar-refractivity contribution >= 4 is 17.7 Å². The zero-order chi connectivity index (χ0) is 12.7. The smallest absolute Gasteiger partial charge is 0.335 e. The van der Waals surface area contributed by atoms with Gasteiger partial charge in [0.25, 0.3) is 0 Å². The van der Waals surface area contributed by atoms with Gasteiger partial charge in [-0.2, -0.15) is 11.8 Å². The molecule has 0 amide bonds. The highest BCUT2D eigenvalue weighted by Crippen LogP contribution is 2.24. The summed E-state index contributed by atoms with van der Waals surface area (Å²) >= 11 is 1.68. The van der Waals surface area contributed by atoms with Crippen LogP contribution < -0.4 is 4.74 Å². The molecule has 0 radical (unpaired) electrons. The Morgan fingerprint density at radius 1 is 1.41 bits per heavy atom. The minimum atomic E-state index is -0.921. The summed E-state index contributed by atoms with van der Waals surface area (Å²) in [6.07, 6.45) is 0. The largest absolute Gasteiger partial charge is 0.496 e. The molecule has 17 heavy (non-hydrogen) atoms. The van der Waals surface area contributed by atoms with Gasteiger partial charge >= 0.3 is 5.97 Å². The van der Waals surface area contributed by atoms with Crippen molar-refractivity contribution in [1.82, 2.24) is 0 Å². The highest BCUT2D eigenvalue weighted by atomic mass is 32.2.